The minimum atomic E-state index is 0.952. The van der Waals surface area contributed by atoms with Gasteiger partial charge in [0.05, 0.1) is 4.55 Å². The average Bonchev–Trinajstić information content (AvgIpc) is 2.75. The number of hydrogen-bond acceptors (Lipinski definition) is 1. The predicted molar refractivity (Wildman–Crippen MR) is 58.2 cm³/mol. The van der Waals surface area contributed by atoms with Crippen LogP contribution in [0.1, 0.15) is 6.42 Å². The molecule has 1 saturated carbocycles. The zero-order valence-electron chi connectivity index (χ0n) is 7.12. The maximum absolute atomic E-state index is 2.61. The van der Waals surface area contributed by atoms with E-state index in [2.05, 4.69) is 39.6 Å². The van der Waals surface area contributed by atoms with Crippen LogP contribution in [0.2, 0.25) is 0 Å². The molecule has 1 aliphatic heterocycles. The van der Waals surface area contributed by atoms with E-state index in [1.54, 1.807) is 0 Å². The average molecular weight is 275 g/mol. The molecule has 3 rings (SSSR count). The number of rotatable bonds is 1. The standard InChI is InChI=1S/C10H14IN/c11-6-12-4-9-7-1-2-8(3-7)10(9)5-12/h1-2,7-10H,3-6H2/t7-,8+,9-,10-/m1/s1. The second-order valence-corrected chi connectivity index (χ2v) is 5.11. The van der Waals surface area contributed by atoms with Crippen LogP contribution in [0.25, 0.3) is 0 Å². The van der Waals surface area contributed by atoms with Gasteiger partial charge in [-0.2, -0.15) is 0 Å². The van der Waals surface area contributed by atoms with Crippen molar-refractivity contribution in [2.45, 2.75) is 6.42 Å². The van der Waals surface area contributed by atoms with Crippen LogP contribution >= 0.6 is 22.6 Å². The van der Waals surface area contributed by atoms with Gasteiger partial charge in [0.2, 0.25) is 0 Å². The molecule has 66 valence electrons. The Balaban J connectivity index is 1.82. The molecule has 3 aliphatic rings. The number of nitrogens with zero attached hydrogens (tertiary/aromatic N) is 1. The molecule has 0 N–H and O–H groups in total. The van der Waals surface area contributed by atoms with E-state index in [9.17, 15) is 0 Å². The van der Waals surface area contributed by atoms with Crippen LogP contribution in [-0.2, 0) is 0 Å². The third-order valence-electron chi connectivity index (χ3n) is 3.91. The quantitative estimate of drug-likeness (QED) is 0.307. The summed E-state index contributed by atoms with van der Waals surface area (Å²) in [5.41, 5.74) is 0. The van der Waals surface area contributed by atoms with Crippen molar-refractivity contribution >= 4 is 22.6 Å². The van der Waals surface area contributed by atoms with E-state index in [1.807, 2.05) is 0 Å². The first kappa shape index (κ1) is 7.80. The van der Waals surface area contributed by atoms with Gasteiger partial charge >= 0.3 is 0 Å². The Labute approximate surface area is 87.3 Å². The number of halogens is 1. The molecule has 2 heteroatoms. The molecule has 2 fully saturated rings. The lowest BCUT2D eigenvalue weighted by molar-refractivity contribution is 0.353. The summed E-state index contributed by atoms with van der Waals surface area (Å²) in [6, 6.07) is 0. The first-order valence-corrected chi connectivity index (χ1v) is 6.37. The maximum atomic E-state index is 2.61. The first-order valence-electron chi connectivity index (χ1n) is 4.85. The second-order valence-electron chi connectivity index (χ2n) is 4.43. The van der Waals surface area contributed by atoms with Crippen molar-refractivity contribution in [3.05, 3.63) is 12.2 Å². The molecule has 0 aromatic carbocycles. The number of alkyl halides is 1. The van der Waals surface area contributed by atoms with Crippen LogP contribution < -0.4 is 0 Å². The lowest BCUT2D eigenvalue weighted by atomic mass is 9.86. The Kier molecular flexibility index (Phi) is 1.76. The van der Waals surface area contributed by atoms with Gasteiger partial charge in [0.15, 0.2) is 0 Å². The fourth-order valence-electron chi connectivity index (χ4n) is 3.34. The van der Waals surface area contributed by atoms with E-state index in [0.717, 1.165) is 23.7 Å². The number of likely N-dealkylation sites (tertiary alicyclic amines) is 1. The fraction of sp³-hybridized carbons (Fsp3) is 0.800. The van der Waals surface area contributed by atoms with Crippen LogP contribution in [0.5, 0.6) is 0 Å². The SMILES string of the molecule is ICN1C[C@H]2[C@H](C1)[C@H]1C=C[C@@H]2C1. The van der Waals surface area contributed by atoms with Crippen LogP contribution in [0.3, 0.4) is 0 Å². The minimum Gasteiger partial charge on any atom is -0.294 e. The summed E-state index contributed by atoms with van der Waals surface area (Å²) in [6.07, 6.45) is 6.43. The molecular formula is C10H14IN. The third-order valence-corrected chi connectivity index (χ3v) is 4.87. The van der Waals surface area contributed by atoms with Crippen LogP contribution in [-0.4, -0.2) is 22.5 Å². The summed E-state index contributed by atoms with van der Waals surface area (Å²) in [5, 5.41) is 0. The zero-order valence-corrected chi connectivity index (χ0v) is 9.28. The molecule has 2 bridgehead atoms. The molecule has 0 aromatic heterocycles. The Hall–Kier alpha value is 0.430. The molecule has 2 aliphatic carbocycles. The van der Waals surface area contributed by atoms with Gasteiger partial charge in [0.1, 0.15) is 0 Å². The van der Waals surface area contributed by atoms with Gasteiger partial charge in [-0.05, 0) is 30.1 Å². The van der Waals surface area contributed by atoms with Crippen molar-refractivity contribution in [1.29, 1.82) is 0 Å². The highest BCUT2D eigenvalue weighted by Crippen LogP contribution is 2.51. The van der Waals surface area contributed by atoms with Gasteiger partial charge in [-0.25, -0.2) is 0 Å². The number of hydrogen-bond donors (Lipinski definition) is 0. The molecule has 0 spiro atoms. The van der Waals surface area contributed by atoms with Crippen LogP contribution in [0, 0.1) is 23.7 Å². The predicted octanol–water partition coefficient (Wildman–Crippen LogP) is 2.13. The summed E-state index contributed by atoms with van der Waals surface area (Å²) in [6.45, 7) is 2.75. The lowest BCUT2D eigenvalue weighted by Gasteiger charge is -2.17. The van der Waals surface area contributed by atoms with Gasteiger partial charge in [-0.15, -0.1) is 0 Å². The smallest absolute Gasteiger partial charge is 0.0505 e. The number of fused-ring (bicyclic) bond motifs is 5. The highest BCUT2D eigenvalue weighted by Gasteiger charge is 2.48. The molecule has 4 atom stereocenters. The Bertz CT molecular complexity index is 206. The van der Waals surface area contributed by atoms with Crippen molar-refractivity contribution < 1.29 is 0 Å². The van der Waals surface area contributed by atoms with Gasteiger partial charge in [0, 0.05) is 13.1 Å². The molecule has 0 radical (unpaired) electrons. The van der Waals surface area contributed by atoms with Crippen molar-refractivity contribution in [2.75, 3.05) is 17.6 Å². The van der Waals surface area contributed by atoms with E-state index in [-0.39, 0.29) is 0 Å². The molecule has 0 unspecified atom stereocenters. The summed E-state index contributed by atoms with van der Waals surface area (Å²) in [7, 11) is 0. The summed E-state index contributed by atoms with van der Waals surface area (Å²) < 4.78 is 1.23. The highest BCUT2D eigenvalue weighted by atomic mass is 127. The maximum Gasteiger partial charge on any atom is 0.0505 e. The minimum absolute atomic E-state index is 0.952. The van der Waals surface area contributed by atoms with E-state index in [4.69, 9.17) is 0 Å². The molecule has 12 heavy (non-hydrogen) atoms. The monoisotopic (exact) mass is 275 g/mol. The van der Waals surface area contributed by atoms with E-state index in [0.29, 0.717) is 0 Å². The van der Waals surface area contributed by atoms with Crippen molar-refractivity contribution in [1.82, 2.24) is 4.90 Å². The molecule has 1 saturated heterocycles. The van der Waals surface area contributed by atoms with Crippen molar-refractivity contribution in [2.24, 2.45) is 23.7 Å². The normalized spacial score (nSPS) is 50.4. The second kappa shape index (κ2) is 2.71. The Morgan fingerprint density at radius 2 is 1.75 bits per heavy atom. The fourth-order valence-corrected chi connectivity index (χ4v) is 3.89. The molecule has 1 heterocycles. The van der Waals surface area contributed by atoms with Crippen LogP contribution in [0.4, 0.5) is 0 Å². The summed E-state index contributed by atoms with van der Waals surface area (Å²) in [5.74, 6) is 3.95. The molecule has 1 nitrogen and oxygen atoms in total. The van der Waals surface area contributed by atoms with E-state index >= 15 is 0 Å². The van der Waals surface area contributed by atoms with Crippen LogP contribution in [0.15, 0.2) is 12.2 Å². The molecule has 0 aromatic rings. The largest absolute Gasteiger partial charge is 0.294 e. The van der Waals surface area contributed by atoms with Gasteiger partial charge in [0.25, 0.3) is 0 Å². The van der Waals surface area contributed by atoms with E-state index < -0.39 is 0 Å². The number of allylic oxidation sites excluding steroid dienone is 2. The zero-order chi connectivity index (χ0) is 8.13. The molecule has 0 amide bonds. The first-order chi connectivity index (χ1) is 5.88. The van der Waals surface area contributed by atoms with Gasteiger partial charge in [-0.1, -0.05) is 34.7 Å². The lowest BCUT2D eigenvalue weighted by Crippen LogP contribution is -2.20. The Morgan fingerprint density at radius 3 is 2.25 bits per heavy atom. The van der Waals surface area contributed by atoms with Gasteiger partial charge in [-0.3, -0.25) is 4.90 Å². The summed E-state index contributed by atoms with van der Waals surface area (Å²) >= 11 is 2.49. The van der Waals surface area contributed by atoms with Crippen molar-refractivity contribution in [3.63, 3.8) is 0 Å². The van der Waals surface area contributed by atoms with Gasteiger partial charge < -0.3 is 0 Å². The van der Waals surface area contributed by atoms with E-state index in [1.165, 1.54) is 24.1 Å². The molecular weight excluding hydrogens is 261 g/mol. The highest BCUT2D eigenvalue weighted by molar-refractivity contribution is 14.1. The summed E-state index contributed by atoms with van der Waals surface area (Å²) in [4.78, 5) is 2.61. The topological polar surface area (TPSA) is 3.24 Å². The van der Waals surface area contributed by atoms with Crippen molar-refractivity contribution in [3.8, 4) is 0 Å². The third kappa shape index (κ3) is 0.939. The Morgan fingerprint density at radius 1 is 1.17 bits per heavy atom.